The summed E-state index contributed by atoms with van der Waals surface area (Å²) >= 11 is 0. The lowest BCUT2D eigenvalue weighted by Gasteiger charge is -2.06. The minimum atomic E-state index is -5.48. The van der Waals surface area contributed by atoms with E-state index in [1.54, 1.807) is 0 Å². The maximum atomic E-state index is 11.3. The number of halogens is 3. The minimum absolute atomic E-state index is 0.706. The van der Waals surface area contributed by atoms with Crippen molar-refractivity contribution in [3.63, 3.8) is 0 Å². The van der Waals surface area contributed by atoms with Crippen molar-refractivity contribution >= 4 is 16.4 Å². The Bertz CT molecular complexity index is 231. The molecule has 0 heterocycles. The van der Waals surface area contributed by atoms with Crippen molar-refractivity contribution in [2.24, 2.45) is 0 Å². The SMILES string of the molecule is O=[C]NNS(=O)(=O)C(F)(F)F. The number of hydrogen-bond donors (Lipinski definition) is 2. The van der Waals surface area contributed by atoms with Crippen molar-refractivity contribution in [1.29, 1.82) is 0 Å². The van der Waals surface area contributed by atoms with Crippen LogP contribution in [0.1, 0.15) is 0 Å². The summed E-state index contributed by atoms with van der Waals surface area (Å²) in [6, 6.07) is 0. The lowest BCUT2D eigenvalue weighted by atomic mass is 11.4. The van der Waals surface area contributed by atoms with Crippen molar-refractivity contribution in [1.82, 2.24) is 10.3 Å². The first-order valence-electron chi connectivity index (χ1n) is 2.01. The molecule has 5 nitrogen and oxygen atoms in total. The van der Waals surface area contributed by atoms with E-state index in [4.69, 9.17) is 0 Å². The normalized spacial score (nSPS) is 12.6. The zero-order valence-electron chi connectivity index (χ0n) is 4.77. The Labute approximate surface area is 59.6 Å². The van der Waals surface area contributed by atoms with Crippen molar-refractivity contribution in [3.8, 4) is 0 Å². The van der Waals surface area contributed by atoms with Crippen molar-refractivity contribution < 1.29 is 26.4 Å². The highest BCUT2D eigenvalue weighted by Crippen LogP contribution is 2.20. The number of sulfonamides is 1. The summed E-state index contributed by atoms with van der Waals surface area (Å²) in [5.74, 6) is 0. The van der Waals surface area contributed by atoms with Crippen LogP contribution in [0.25, 0.3) is 0 Å². The summed E-state index contributed by atoms with van der Waals surface area (Å²) < 4.78 is 53.9. The van der Waals surface area contributed by atoms with Gasteiger partial charge in [0.05, 0.1) is 0 Å². The highest BCUT2D eigenvalue weighted by Gasteiger charge is 2.45. The standard InChI is InChI=1S/C2H2F3N2O3S/c3-2(4,5)11(9,10)7-6-1-8/h7H,(H,6,8). The Kier molecular flexibility index (Phi) is 2.82. The second-order valence-electron chi connectivity index (χ2n) is 1.28. The summed E-state index contributed by atoms with van der Waals surface area (Å²) in [6.45, 7) is 0. The number of amides is 1. The Balaban J connectivity index is 4.37. The summed E-state index contributed by atoms with van der Waals surface area (Å²) in [5.41, 5.74) is -4.40. The van der Waals surface area contributed by atoms with Gasteiger partial charge in [0.2, 0.25) is 0 Å². The Hall–Kier alpha value is -0.830. The zero-order valence-corrected chi connectivity index (χ0v) is 5.58. The molecule has 0 atom stereocenters. The molecular weight excluding hydrogens is 189 g/mol. The molecule has 1 amide bonds. The molecule has 0 aliphatic carbocycles. The van der Waals surface area contributed by atoms with Crippen LogP contribution in [-0.4, -0.2) is 20.3 Å². The number of carbonyl (C=O) groups excluding carboxylic acids is 1. The van der Waals surface area contributed by atoms with E-state index in [2.05, 4.69) is 0 Å². The number of rotatable bonds is 3. The van der Waals surface area contributed by atoms with Crippen LogP contribution in [0.3, 0.4) is 0 Å². The molecule has 0 aliphatic heterocycles. The fraction of sp³-hybridized carbons (Fsp3) is 0.500. The first-order valence-corrected chi connectivity index (χ1v) is 3.50. The Morgan fingerprint density at radius 3 is 2.00 bits per heavy atom. The Morgan fingerprint density at radius 2 is 1.73 bits per heavy atom. The predicted molar refractivity (Wildman–Crippen MR) is 26.9 cm³/mol. The molecule has 0 aromatic heterocycles. The number of alkyl halides is 3. The number of hydrazine groups is 1. The summed E-state index contributed by atoms with van der Waals surface area (Å²) in [7, 11) is -5.48. The molecule has 65 valence electrons. The topological polar surface area (TPSA) is 75.3 Å². The smallest absolute Gasteiger partial charge is 0.269 e. The molecule has 9 heteroatoms. The van der Waals surface area contributed by atoms with Gasteiger partial charge >= 0.3 is 21.9 Å². The van der Waals surface area contributed by atoms with Gasteiger partial charge in [0.1, 0.15) is 0 Å². The van der Waals surface area contributed by atoms with E-state index >= 15 is 0 Å². The first kappa shape index (κ1) is 10.2. The van der Waals surface area contributed by atoms with Crippen molar-refractivity contribution in [2.45, 2.75) is 5.51 Å². The van der Waals surface area contributed by atoms with Gasteiger partial charge in [-0.1, -0.05) is 0 Å². The third-order valence-electron chi connectivity index (χ3n) is 0.541. The van der Waals surface area contributed by atoms with Crippen LogP contribution in [0.5, 0.6) is 0 Å². The molecular formula is C2H2F3N2O3S. The van der Waals surface area contributed by atoms with Crippen LogP contribution in [0, 0.1) is 0 Å². The van der Waals surface area contributed by atoms with Gasteiger partial charge in [-0.3, -0.25) is 10.2 Å². The lowest BCUT2D eigenvalue weighted by Crippen LogP contribution is -2.43. The Morgan fingerprint density at radius 1 is 1.27 bits per heavy atom. The van der Waals surface area contributed by atoms with Gasteiger partial charge in [0, 0.05) is 0 Å². The van der Waals surface area contributed by atoms with Crippen LogP contribution in [-0.2, 0) is 14.8 Å². The molecule has 0 unspecified atom stereocenters. The first-order chi connectivity index (χ1) is 4.81. The maximum Gasteiger partial charge on any atom is 0.513 e. The molecule has 0 rings (SSSR count). The summed E-state index contributed by atoms with van der Waals surface area (Å²) in [4.78, 5) is 9.97. The van der Waals surface area contributed by atoms with Gasteiger partial charge in [-0.25, -0.2) is 8.42 Å². The van der Waals surface area contributed by atoms with E-state index in [1.165, 1.54) is 0 Å². The van der Waals surface area contributed by atoms with Gasteiger partial charge in [-0.15, -0.1) is 4.83 Å². The molecule has 2 N–H and O–H groups in total. The fourth-order valence-corrected chi connectivity index (χ4v) is 0.438. The van der Waals surface area contributed by atoms with E-state index in [0.29, 0.717) is 6.41 Å². The minimum Gasteiger partial charge on any atom is -0.269 e. The second-order valence-corrected chi connectivity index (χ2v) is 2.95. The van der Waals surface area contributed by atoms with Crippen LogP contribution in [0.2, 0.25) is 0 Å². The van der Waals surface area contributed by atoms with Crippen LogP contribution in [0.4, 0.5) is 13.2 Å². The molecule has 0 aromatic carbocycles. The zero-order chi connectivity index (χ0) is 9.12. The highest BCUT2D eigenvalue weighted by molar-refractivity contribution is 7.90. The maximum absolute atomic E-state index is 11.3. The van der Waals surface area contributed by atoms with Gasteiger partial charge in [-0.2, -0.15) is 13.2 Å². The van der Waals surface area contributed by atoms with E-state index in [-0.39, 0.29) is 0 Å². The average Bonchev–Trinajstić information content (AvgIpc) is 1.81. The van der Waals surface area contributed by atoms with E-state index < -0.39 is 15.5 Å². The van der Waals surface area contributed by atoms with E-state index in [9.17, 15) is 26.4 Å². The molecule has 1 radical (unpaired) electrons. The van der Waals surface area contributed by atoms with Gasteiger partial charge in [0.25, 0.3) is 0 Å². The molecule has 11 heavy (non-hydrogen) atoms. The largest absolute Gasteiger partial charge is 0.513 e. The molecule has 0 saturated heterocycles. The molecule has 0 aliphatic rings. The molecule has 0 saturated carbocycles. The van der Waals surface area contributed by atoms with Crippen LogP contribution < -0.4 is 10.3 Å². The fourth-order valence-electron chi connectivity index (χ4n) is 0.146. The average molecular weight is 191 g/mol. The van der Waals surface area contributed by atoms with Gasteiger partial charge in [0.15, 0.2) is 0 Å². The number of hydrogen-bond acceptors (Lipinski definition) is 3. The molecule has 0 aromatic rings. The molecule has 0 spiro atoms. The quantitative estimate of drug-likeness (QED) is 0.443. The predicted octanol–water partition coefficient (Wildman–Crippen LogP) is -1.00. The third-order valence-corrected chi connectivity index (χ3v) is 1.52. The van der Waals surface area contributed by atoms with Crippen molar-refractivity contribution in [2.75, 3.05) is 0 Å². The number of nitrogens with one attached hydrogen (secondary N) is 2. The highest BCUT2D eigenvalue weighted by atomic mass is 32.2. The summed E-state index contributed by atoms with van der Waals surface area (Å²) in [5, 5.41) is 0. The van der Waals surface area contributed by atoms with E-state index in [0.717, 1.165) is 10.3 Å². The third kappa shape index (κ3) is 2.72. The summed E-state index contributed by atoms with van der Waals surface area (Å²) in [6.07, 6.45) is 0.706. The van der Waals surface area contributed by atoms with Gasteiger partial charge < -0.3 is 0 Å². The van der Waals surface area contributed by atoms with Crippen LogP contribution in [0.15, 0.2) is 0 Å². The van der Waals surface area contributed by atoms with Gasteiger partial charge in [-0.05, 0) is 0 Å². The molecule has 0 bridgehead atoms. The molecule has 0 fully saturated rings. The second kappa shape index (κ2) is 3.05. The van der Waals surface area contributed by atoms with E-state index in [1.807, 2.05) is 0 Å². The lowest BCUT2D eigenvalue weighted by molar-refractivity contribution is -0.0449. The monoisotopic (exact) mass is 191 g/mol. The van der Waals surface area contributed by atoms with Crippen molar-refractivity contribution in [3.05, 3.63) is 0 Å². The van der Waals surface area contributed by atoms with Crippen LogP contribution >= 0.6 is 0 Å².